The van der Waals surface area contributed by atoms with E-state index in [9.17, 15) is 13.2 Å². The van der Waals surface area contributed by atoms with Gasteiger partial charge >= 0.3 is 0 Å². The van der Waals surface area contributed by atoms with Gasteiger partial charge in [-0.1, -0.05) is 60.5 Å². The number of nitrogens with zero attached hydrogens (tertiary/aromatic N) is 2. The van der Waals surface area contributed by atoms with Crippen molar-refractivity contribution in [1.29, 1.82) is 0 Å². The summed E-state index contributed by atoms with van der Waals surface area (Å²) in [6, 6.07) is 18.4. The second-order valence-electron chi connectivity index (χ2n) is 11.2. The minimum atomic E-state index is -3.81. The smallest absolute Gasteiger partial charge is 0.270 e. The van der Waals surface area contributed by atoms with E-state index in [4.69, 9.17) is 27.9 Å². The molecule has 5 rings (SSSR count). The largest absolute Gasteiger partial charge is 0.493 e. The fraction of sp³-hybridized carbons (Fsp3) is 0.367. The van der Waals surface area contributed by atoms with Crippen molar-refractivity contribution in [3.63, 3.8) is 0 Å². The third-order valence-electron chi connectivity index (χ3n) is 7.56. The molecule has 1 amide bonds. The molecule has 3 aromatic carbocycles. The van der Waals surface area contributed by atoms with Crippen molar-refractivity contribution in [2.75, 3.05) is 33.0 Å². The van der Waals surface area contributed by atoms with Crippen molar-refractivity contribution in [1.82, 2.24) is 9.21 Å². The van der Waals surface area contributed by atoms with E-state index < -0.39 is 21.7 Å². The maximum Gasteiger partial charge on any atom is 0.270 e. The van der Waals surface area contributed by atoms with Crippen LogP contribution in [0.4, 0.5) is 4.39 Å². The molecule has 1 saturated heterocycles. The van der Waals surface area contributed by atoms with Crippen LogP contribution in [0.3, 0.4) is 0 Å². The average molecular weight is 606 g/mol. The number of amides is 1. The van der Waals surface area contributed by atoms with Crippen LogP contribution in [-0.4, -0.2) is 56.5 Å². The highest BCUT2D eigenvalue weighted by molar-refractivity contribution is 7.88. The molecule has 0 spiro atoms. The number of rotatable bonds is 9. The zero-order chi connectivity index (χ0) is 28.8. The molecule has 1 aliphatic heterocycles. The van der Waals surface area contributed by atoms with Crippen LogP contribution in [0.25, 0.3) is 0 Å². The number of carbonyl (C=O) groups excluding carboxylic acids is 1. The Morgan fingerprint density at radius 1 is 1.07 bits per heavy atom. The first-order valence-corrected chi connectivity index (χ1v) is 15.6. The molecule has 6 nitrogen and oxygen atoms in total. The number of benzene rings is 3. The summed E-state index contributed by atoms with van der Waals surface area (Å²) < 4.78 is 45.5. The molecule has 3 aromatic rings. The summed E-state index contributed by atoms with van der Waals surface area (Å²) in [4.78, 5) is 15.1. The van der Waals surface area contributed by atoms with Gasteiger partial charge in [0.15, 0.2) is 0 Å². The molecular weight excluding hydrogens is 574 g/mol. The second-order valence-corrected chi connectivity index (χ2v) is 14.1. The molecule has 1 unspecified atom stereocenters. The lowest BCUT2D eigenvalue weighted by molar-refractivity contribution is -0.0379. The first kappa shape index (κ1) is 28.9. The molecule has 2 aliphatic rings. The standard InChI is InChI=1S/C30H31Cl2FN2O4S/c1-30(16-35(17-30)28(20-7-5-4-6-8-20)21-11-22(31)13-23(32)12-21)18-39-27-15-26(33)25(14-24(27)19-9-10-19)29(36)34(2)40(3,37)38/h4-8,11-15,19,28H,9-10,16-18H2,1-3H3. The number of likely N-dealkylation sites (tertiary alicyclic amines) is 1. The number of halogens is 3. The molecule has 0 radical (unpaired) electrons. The summed E-state index contributed by atoms with van der Waals surface area (Å²) in [5.41, 5.74) is 2.40. The number of carbonyl (C=O) groups is 1. The second kappa shape index (κ2) is 11.0. The van der Waals surface area contributed by atoms with Crippen molar-refractivity contribution in [2.24, 2.45) is 5.41 Å². The molecule has 1 saturated carbocycles. The highest BCUT2D eigenvalue weighted by Crippen LogP contribution is 2.46. The van der Waals surface area contributed by atoms with Gasteiger partial charge in [-0.2, -0.15) is 0 Å². The molecular formula is C30H31Cl2FN2O4S. The minimum Gasteiger partial charge on any atom is -0.493 e. The van der Waals surface area contributed by atoms with E-state index in [0.29, 0.717) is 26.7 Å². The van der Waals surface area contributed by atoms with Gasteiger partial charge in [0.1, 0.15) is 11.6 Å². The van der Waals surface area contributed by atoms with Gasteiger partial charge in [0.25, 0.3) is 5.91 Å². The van der Waals surface area contributed by atoms with Gasteiger partial charge in [0.2, 0.25) is 10.0 Å². The van der Waals surface area contributed by atoms with Crippen LogP contribution in [0, 0.1) is 11.2 Å². The van der Waals surface area contributed by atoms with Crippen LogP contribution in [0.5, 0.6) is 5.75 Å². The number of hydrogen-bond donors (Lipinski definition) is 0. The Kier molecular flexibility index (Phi) is 7.92. The predicted octanol–water partition coefficient (Wildman–Crippen LogP) is 6.53. The maximum absolute atomic E-state index is 15.1. The first-order chi connectivity index (χ1) is 18.8. The molecule has 0 aromatic heterocycles. The van der Waals surface area contributed by atoms with Gasteiger partial charge in [0, 0.05) is 41.7 Å². The van der Waals surface area contributed by atoms with E-state index in [2.05, 4.69) is 24.0 Å². The summed E-state index contributed by atoms with van der Waals surface area (Å²) >= 11 is 12.7. The lowest BCUT2D eigenvalue weighted by Gasteiger charge is -2.51. The quantitative estimate of drug-likeness (QED) is 0.278. The number of ether oxygens (including phenoxy) is 1. The van der Waals surface area contributed by atoms with Crippen molar-refractivity contribution < 1.29 is 22.3 Å². The zero-order valence-electron chi connectivity index (χ0n) is 22.5. The summed E-state index contributed by atoms with van der Waals surface area (Å²) in [6.07, 6.45) is 2.72. The Labute approximate surface area is 244 Å². The Morgan fingerprint density at radius 2 is 1.70 bits per heavy atom. The zero-order valence-corrected chi connectivity index (χ0v) is 24.9. The molecule has 0 N–H and O–H groups in total. The van der Waals surface area contributed by atoms with Gasteiger partial charge in [-0.05, 0) is 59.7 Å². The van der Waals surface area contributed by atoms with Gasteiger partial charge in [0.05, 0.1) is 24.5 Å². The summed E-state index contributed by atoms with van der Waals surface area (Å²) in [7, 11) is -2.68. The maximum atomic E-state index is 15.1. The van der Waals surface area contributed by atoms with Crippen LogP contribution < -0.4 is 4.74 Å². The SMILES string of the molecule is CN(C(=O)c1cc(C2CC2)c(OCC2(C)CN(C(c3ccccc3)c3cc(Cl)cc(Cl)c3)C2)cc1F)S(C)(=O)=O. The third kappa shape index (κ3) is 6.15. The minimum absolute atomic E-state index is 0.0397. The molecule has 2 fully saturated rings. The van der Waals surface area contributed by atoms with Crippen molar-refractivity contribution in [3.05, 3.63) is 98.8 Å². The van der Waals surface area contributed by atoms with E-state index in [1.807, 2.05) is 30.3 Å². The summed E-state index contributed by atoms with van der Waals surface area (Å²) in [6.45, 7) is 3.95. The molecule has 212 valence electrons. The van der Waals surface area contributed by atoms with Crippen LogP contribution in [0.1, 0.15) is 58.8 Å². The Hall–Kier alpha value is -2.65. The first-order valence-electron chi connectivity index (χ1n) is 13.0. The van der Waals surface area contributed by atoms with Crippen molar-refractivity contribution in [3.8, 4) is 5.75 Å². The van der Waals surface area contributed by atoms with Gasteiger partial charge in [-0.3, -0.25) is 9.69 Å². The highest BCUT2D eigenvalue weighted by atomic mass is 35.5. The van der Waals surface area contributed by atoms with E-state index in [1.54, 1.807) is 6.07 Å². The Morgan fingerprint density at radius 3 is 2.27 bits per heavy atom. The third-order valence-corrected chi connectivity index (χ3v) is 9.15. The van der Waals surface area contributed by atoms with Crippen LogP contribution >= 0.6 is 23.2 Å². The average Bonchev–Trinajstić information content (AvgIpc) is 3.71. The van der Waals surface area contributed by atoms with Gasteiger partial charge in [-0.25, -0.2) is 17.1 Å². The fourth-order valence-electron chi connectivity index (χ4n) is 5.34. The highest BCUT2D eigenvalue weighted by Gasteiger charge is 2.44. The molecule has 1 atom stereocenters. The van der Waals surface area contributed by atoms with Crippen LogP contribution in [0.2, 0.25) is 10.0 Å². The Balaban J connectivity index is 1.34. The molecule has 1 aliphatic carbocycles. The van der Waals surface area contributed by atoms with Crippen molar-refractivity contribution >= 4 is 39.1 Å². The summed E-state index contributed by atoms with van der Waals surface area (Å²) in [5, 5.41) is 1.16. The number of sulfonamides is 1. The van der Waals surface area contributed by atoms with E-state index >= 15 is 4.39 Å². The van der Waals surface area contributed by atoms with Crippen LogP contribution in [0.15, 0.2) is 60.7 Å². The summed E-state index contributed by atoms with van der Waals surface area (Å²) in [5.74, 6) is -1.14. The van der Waals surface area contributed by atoms with E-state index in [0.717, 1.165) is 55.9 Å². The lowest BCUT2D eigenvalue weighted by atomic mass is 9.79. The molecule has 1 heterocycles. The topological polar surface area (TPSA) is 66.9 Å². The van der Waals surface area contributed by atoms with Crippen molar-refractivity contribution in [2.45, 2.75) is 31.7 Å². The number of hydrogen-bond acceptors (Lipinski definition) is 5. The molecule has 40 heavy (non-hydrogen) atoms. The van der Waals surface area contributed by atoms with Gasteiger partial charge < -0.3 is 4.74 Å². The van der Waals surface area contributed by atoms with Crippen LogP contribution in [-0.2, 0) is 10.0 Å². The lowest BCUT2D eigenvalue weighted by Crippen LogP contribution is -2.58. The monoisotopic (exact) mass is 604 g/mol. The molecule has 0 bridgehead atoms. The fourth-order valence-corrected chi connectivity index (χ4v) is 6.28. The Bertz CT molecular complexity index is 1520. The van der Waals surface area contributed by atoms with E-state index in [1.165, 1.54) is 12.1 Å². The van der Waals surface area contributed by atoms with Gasteiger partial charge in [-0.15, -0.1) is 0 Å². The normalized spacial score (nSPS) is 17.6. The molecule has 10 heteroatoms. The van der Waals surface area contributed by atoms with E-state index in [-0.39, 0.29) is 22.9 Å². The predicted molar refractivity (Wildman–Crippen MR) is 155 cm³/mol.